The lowest BCUT2D eigenvalue weighted by Gasteiger charge is -2.29. The smallest absolute Gasteiger partial charge is 0.306 e. The lowest BCUT2D eigenvalue weighted by Crippen LogP contribution is -2.40. The van der Waals surface area contributed by atoms with Crippen molar-refractivity contribution in [1.82, 2.24) is 4.31 Å². The van der Waals surface area contributed by atoms with E-state index in [9.17, 15) is 13.2 Å². The molecule has 21 heavy (non-hydrogen) atoms. The topological polar surface area (TPSA) is 83.9 Å². The summed E-state index contributed by atoms with van der Waals surface area (Å²) < 4.78 is 32.1. The summed E-state index contributed by atoms with van der Waals surface area (Å²) in [6, 6.07) is 4.75. The van der Waals surface area contributed by atoms with Gasteiger partial charge in [0.1, 0.15) is 10.6 Å². The zero-order valence-corrected chi connectivity index (χ0v) is 13.9. The Hall–Kier alpha value is -1.12. The summed E-state index contributed by atoms with van der Waals surface area (Å²) in [5, 5.41) is 8.96. The number of sulfonamides is 1. The van der Waals surface area contributed by atoms with Gasteiger partial charge in [-0.3, -0.25) is 4.79 Å². The number of hydrogen-bond donors (Lipinski definition) is 1. The molecule has 0 unspecified atom stereocenters. The van der Waals surface area contributed by atoms with Gasteiger partial charge in [0, 0.05) is 23.6 Å². The Morgan fingerprint density at radius 2 is 2.00 bits per heavy atom. The Labute approximate surface area is 131 Å². The zero-order valence-electron chi connectivity index (χ0n) is 11.5. The quantitative estimate of drug-likeness (QED) is 0.866. The molecule has 0 saturated carbocycles. The predicted octanol–water partition coefficient (Wildman–Crippen LogP) is 1.94. The van der Waals surface area contributed by atoms with Gasteiger partial charge < -0.3 is 9.84 Å². The third-order valence-electron chi connectivity index (χ3n) is 3.56. The van der Waals surface area contributed by atoms with E-state index in [-0.39, 0.29) is 18.0 Å². The maximum atomic E-state index is 12.6. The van der Waals surface area contributed by atoms with Gasteiger partial charge >= 0.3 is 5.97 Å². The van der Waals surface area contributed by atoms with E-state index in [4.69, 9.17) is 9.84 Å². The van der Waals surface area contributed by atoms with Gasteiger partial charge in [0.05, 0.1) is 13.0 Å². The molecule has 1 heterocycles. The van der Waals surface area contributed by atoms with Crippen LogP contribution in [-0.2, 0) is 14.8 Å². The molecule has 0 amide bonds. The summed E-state index contributed by atoms with van der Waals surface area (Å²) in [5.74, 6) is -0.878. The molecule has 1 aromatic carbocycles. The molecule has 0 aromatic heterocycles. The minimum atomic E-state index is -3.66. The second-order valence-electron chi connectivity index (χ2n) is 4.81. The highest BCUT2D eigenvalue weighted by Crippen LogP contribution is 2.31. The van der Waals surface area contributed by atoms with Crippen molar-refractivity contribution < 1.29 is 23.1 Å². The first-order chi connectivity index (χ1) is 9.86. The van der Waals surface area contributed by atoms with E-state index in [1.54, 1.807) is 12.1 Å². The monoisotopic (exact) mass is 377 g/mol. The van der Waals surface area contributed by atoms with Crippen LogP contribution in [0.2, 0.25) is 0 Å². The van der Waals surface area contributed by atoms with Crippen molar-refractivity contribution in [2.24, 2.45) is 5.92 Å². The first-order valence-electron chi connectivity index (χ1n) is 6.42. The number of rotatable bonds is 4. The molecule has 2 rings (SSSR count). The molecule has 1 N–H and O–H groups in total. The fourth-order valence-electron chi connectivity index (χ4n) is 2.29. The second-order valence-corrected chi connectivity index (χ2v) is 7.57. The number of ether oxygens (including phenoxy) is 1. The molecular formula is C13H16BrNO5S. The van der Waals surface area contributed by atoms with Crippen LogP contribution in [0, 0.1) is 5.92 Å². The van der Waals surface area contributed by atoms with Crippen LogP contribution in [0.5, 0.6) is 5.75 Å². The number of carbonyl (C=O) groups is 1. The van der Waals surface area contributed by atoms with E-state index >= 15 is 0 Å². The van der Waals surface area contributed by atoms with Gasteiger partial charge in [-0.15, -0.1) is 0 Å². The molecule has 1 fully saturated rings. The van der Waals surface area contributed by atoms with Gasteiger partial charge in [0.2, 0.25) is 10.0 Å². The number of carboxylic acids is 1. The molecule has 0 bridgehead atoms. The van der Waals surface area contributed by atoms with Crippen LogP contribution in [-0.4, -0.2) is 44.0 Å². The average Bonchev–Trinajstić information content (AvgIpc) is 2.47. The molecule has 1 aliphatic rings. The van der Waals surface area contributed by atoms with Crippen LogP contribution in [0.3, 0.4) is 0 Å². The van der Waals surface area contributed by atoms with Crippen LogP contribution in [0.4, 0.5) is 0 Å². The van der Waals surface area contributed by atoms with E-state index in [2.05, 4.69) is 15.9 Å². The largest absolute Gasteiger partial charge is 0.497 e. The van der Waals surface area contributed by atoms with Crippen molar-refractivity contribution >= 4 is 31.9 Å². The molecule has 0 radical (unpaired) electrons. The number of piperidine rings is 1. The number of halogens is 1. The highest BCUT2D eigenvalue weighted by atomic mass is 79.9. The normalized spacial score (nSPS) is 17.6. The standard InChI is InChI=1S/C13H16BrNO5S/c1-20-10-2-3-11(14)12(8-10)21(18,19)15-6-4-9(5-7-15)13(16)17/h2-3,8-9H,4-7H2,1H3,(H,16,17). The van der Waals surface area contributed by atoms with Crippen LogP contribution in [0.15, 0.2) is 27.6 Å². The van der Waals surface area contributed by atoms with E-state index in [0.29, 0.717) is 23.1 Å². The van der Waals surface area contributed by atoms with Gasteiger partial charge in [-0.25, -0.2) is 8.42 Å². The minimum Gasteiger partial charge on any atom is -0.497 e. The maximum absolute atomic E-state index is 12.6. The van der Waals surface area contributed by atoms with Crippen LogP contribution < -0.4 is 4.74 Å². The fourth-order valence-corrected chi connectivity index (χ4v) is 4.70. The Kier molecular flexibility index (Phi) is 4.90. The van der Waals surface area contributed by atoms with E-state index in [0.717, 1.165) is 0 Å². The summed E-state index contributed by atoms with van der Waals surface area (Å²) in [6.45, 7) is 0.423. The van der Waals surface area contributed by atoms with E-state index in [1.165, 1.54) is 17.5 Å². The highest BCUT2D eigenvalue weighted by Gasteiger charge is 2.33. The molecule has 6 nitrogen and oxygen atoms in total. The number of nitrogens with zero attached hydrogens (tertiary/aromatic N) is 1. The summed E-state index contributed by atoms with van der Waals surface area (Å²) in [5.41, 5.74) is 0. The molecule has 1 aliphatic heterocycles. The van der Waals surface area contributed by atoms with E-state index in [1.807, 2.05) is 0 Å². The van der Waals surface area contributed by atoms with Crippen LogP contribution in [0.1, 0.15) is 12.8 Å². The number of methoxy groups -OCH3 is 1. The lowest BCUT2D eigenvalue weighted by molar-refractivity contribution is -0.142. The predicted molar refractivity (Wildman–Crippen MR) is 79.8 cm³/mol. The molecule has 8 heteroatoms. The van der Waals surface area contributed by atoms with Gasteiger partial charge in [-0.05, 0) is 40.9 Å². The van der Waals surface area contributed by atoms with Gasteiger partial charge in [-0.1, -0.05) is 0 Å². The van der Waals surface area contributed by atoms with Crippen molar-refractivity contribution in [2.75, 3.05) is 20.2 Å². The van der Waals surface area contributed by atoms with Crippen LogP contribution in [0.25, 0.3) is 0 Å². The van der Waals surface area contributed by atoms with Crippen molar-refractivity contribution in [3.63, 3.8) is 0 Å². The Morgan fingerprint density at radius 3 is 2.52 bits per heavy atom. The Morgan fingerprint density at radius 1 is 1.38 bits per heavy atom. The number of hydrogen-bond acceptors (Lipinski definition) is 4. The van der Waals surface area contributed by atoms with Crippen molar-refractivity contribution in [3.05, 3.63) is 22.7 Å². The summed E-state index contributed by atoms with van der Waals surface area (Å²) >= 11 is 3.24. The van der Waals surface area contributed by atoms with Gasteiger partial charge in [0.15, 0.2) is 0 Å². The fraction of sp³-hybridized carbons (Fsp3) is 0.462. The van der Waals surface area contributed by atoms with E-state index < -0.39 is 21.9 Å². The maximum Gasteiger partial charge on any atom is 0.306 e. The summed E-state index contributed by atoms with van der Waals surface area (Å²) in [7, 11) is -2.19. The first-order valence-corrected chi connectivity index (χ1v) is 8.66. The van der Waals surface area contributed by atoms with Gasteiger partial charge in [0.25, 0.3) is 0 Å². The Balaban J connectivity index is 2.25. The van der Waals surface area contributed by atoms with Gasteiger partial charge in [-0.2, -0.15) is 4.31 Å². The van der Waals surface area contributed by atoms with Crippen molar-refractivity contribution in [2.45, 2.75) is 17.7 Å². The lowest BCUT2D eigenvalue weighted by atomic mass is 9.99. The molecule has 0 aliphatic carbocycles. The molecule has 0 atom stereocenters. The van der Waals surface area contributed by atoms with Crippen molar-refractivity contribution in [1.29, 1.82) is 0 Å². The summed E-state index contributed by atoms with van der Waals surface area (Å²) in [4.78, 5) is 11.1. The zero-order chi connectivity index (χ0) is 15.6. The SMILES string of the molecule is COc1ccc(Br)c(S(=O)(=O)N2CCC(C(=O)O)CC2)c1. The number of carboxylic acid groups (broad SMARTS) is 1. The third-order valence-corrected chi connectivity index (χ3v) is 6.45. The summed E-state index contributed by atoms with van der Waals surface area (Å²) in [6.07, 6.45) is 0.659. The highest BCUT2D eigenvalue weighted by molar-refractivity contribution is 9.10. The average molecular weight is 378 g/mol. The molecule has 116 valence electrons. The molecule has 1 saturated heterocycles. The first kappa shape index (κ1) is 16.3. The molecule has 1 aromatic rings. The number of aliphatic carboxylic acids is 1. The molecular weight excluding hydrogens is 362 g/mol. The Bertz CT molecular complexity index is 638. The minimum absolute atomic E-state index is 0.135. The third kappa shape index (κ3) is 3.38. The molecule has 0 spiro atoms. The van der Waals surface area contributed by atoms with Crippen LogP contribution >= 0.6 is 15.9 Å². The van der Waals surface area contributed by atoms with Crippen molar-refractivity contribution in [3.8, 4) is 5.75 Å². The second kappa shape index (κ2) is 6.33. The number of benzene rings is 1.